The van der Waals surface area contributed by atoms with Gasteiger partial charge in [-0.25, -0.2) is 0 Å². The Bertz CT molecular complexity index is 2010. The van der Waals surface area contributed by atoms with Crippen molar-refractivity contribution in [3.63, 3.8) is 0 Å². The number of allylic oxidation sites excluding steroid dienone is 7. The van der Waals surface area contributed by atoms with Crippen LogP contribution in [0.3, 0.4) is 0 Å². The Kier molecular flexibility index (Phi) is 9.86. The highest BCUT2D eigenvalue weighted by Gasteiger charge is 2.43. The molecule has 0 amide bonds. The first kappa shape index (κ1) is 34.8. The number of benzene rings is 3. The average molecular weight is 716 g/mol. The van der Waals surface area contributed by atoms with Crippen molar-refractivity contribution in [3.05, 3.63) is 148 Å². The minimum absolute atomic E-state index is 0.0626. The maximum atomic E-state index is 4.86. The van der Waals surface area contributed by atoms with Gasteiger partial charge in [0.1, 0.15) is 11.8 Å². The summed E-state index contributed by atoms with van der Waals surface area (Å²) in [6, 6.07) is 26.3. The molecule has 0 saturated carbocycles. The summed E-state index contributed by atoms with van der Waals surface area (Å²) in [4.78, 5) is 3.71. The van der Waals surface area contributed by atoms with E-state index in [4.69, 9.17) is 5.10 Å². The van der Waals surface area contributed by atoms with Crippen molar-refractivity contribution >= 4 is 62.8 Å². The van der Waals surface area contributed by atoms with Gasteiger partial charge >= 0.3 is 0 Å². The molecule has 0 radical (unpaired) electrons. The molecule has 0 fully saturated rings. The quantitative estimate of drug-likeness (QED) is 0.235. The van der Waals surface area contributed by atoms with E-state index in [0.717, 1.165) is 35.0 Å². The molecule has 7 heteroatoms. The first-order chi connectivity index (χ1) is 24.1. The van der Waals surface area contributed by atoms with E-state index in [1.54, 1.807) is 0 Å². The number of anilines is 1. The zero-order valence-corrected chi connectivity index (χ0v) is 32.4. The van der Waals surface area contributed by atoms with Crippen LogP contribution in [-0.4, -0.2) is 33.5 Å². The molecule has 3 heterocycles. The van der Waals surface area contributed by atoms with E-state index in [9.17, 15) is 0 Å². The molecule has 3 aromatic rings. The maximum absolute atomic E-state index is 4.86. The average Bonchev–Trinajstić information content (AvgIpc) is 3.71. The Morgan fingerprint density at radius 1 is 0.940 bits per heavy atom. The van der Waals surface area contributed by atoms with Gasteiger partial charge in [0.25, 0.3) is 0 Å². The fraction of sp³-hybridized carbons (Fsp3) is 0.302. The molecule has 1 N–H and O–H groups in total. The number of fused-ring (bicyclic) bond motifs is 2. The van der Waals surface area contributed by atoms with Gasteiger partial charge in [-0.3, -0.25) is 5.43 Å². The smallest absolute Gasteiger partial charge is 0.209 e. The molecular weight excluding hydrogens is 669 g/mol. The second-order valence-corrected chi connectivity index (χ2v) is 18.1. The van der Waals surface area contributed by atoms with Crippen molar-refractivity contribution in [2.75, 3.05) is 19.0 Å². The number of likely N-dealkylation sites (N-methyl/N-ethyl adjacent to an activating group) is 1. The summed E-state index contributed by atoms with van der Waals surface area (Å²) in [5, 5.41) is 4.86. The lowest BCUT2D eigenvalue weighted by molar-refractivity contribution is -0.401. The first-order valence-corrected chi connectivity index (χ1v) is 20.2. The van der Waals surface area contributed by atoms with Gasteiger partial charge in [0, 0.05) is 52.2 Å². The van der Waals surface area contributed by atoms with E-state index in [1.807, 2.05) is 41.4 Å². The number of rotatable bonds is 8. The monoisotopic (exact) mass is 715 g/mol. The summed E-state index contributed by atoms with van der Waals surface area (Å²) in [6.07, 6.45) is 14.7. The van der Waals surface area contributed by atoms with Crippen molar-refractivity contribution in [2.24, 2.45) is 5.10 Å². The molecule has 1 aliphatic carbocycles. The van der Waals surface area contributed by atoms with Crippen LogP contribution in [0.5, 0.6) is 0 Å². The lowest BCUT2D eigenvalue weighted by Gasteiger charge is -2.25. The molecule has 256 valence electrons. The van der Waals surface area contributed by atoms with Crippen LogP contribution in [0.15, 0.2) is 131 Å². The SMILES string of the molecule is C=Cc1ccc(CSC2NN=C(SC3=C(/C=C/C4=[N+](C)c5ccccc5C4(C)C)CCC/C3=C\C=C3\N(C)c4ccccc4C3(C)C)S2)cc1. The van der Waals surface area contributed by atoms with Gasteiger partial charge in [-0.15, -0.1) is 11.8 Å². The van der Waals surface area contributed by atoms with E-state index in [2.05, 4.69) is 160 Å². The second-order valence-electron chi connectivity index (χ2n) is 14.4. The Hall–Kier alpha value is -3.65. The predicted molar refractivity (Wildman–Crippen MR) is 222 cm³/mol. The molecule has 50 heavy (non-hydrogen) atoms. The van der Waals surface area contributed by atoms with Gasteiger partial charge in [0.2, 0.25) is 5.69 Å². The van der Waals surface area contributed by atoms with Crippen LogP contribution < -0.4 is 10.3 Å². The van der Waals surface area contributed by atoms with Crippen LogP contribution in [0.25, 0.3) is 6.08 Å². The highest BCUT2D eigenvalue weighted by atomic mass is 32.2. The fourth-order valence-electron chi connectivity index (χ4n) is 7.69. The molecule has 4 nitrogen and oxygen atoms in total. The molecule has 0 bridgehead atoms. The van der Waals surface area contributed by atoms with Crippen LogP contribution >= 0.6 is 35.3 Å². The Morgan fingerprint density at radius 3 is 2.42 bits per heavy atom. The molecule has 0 spiro atoms. The zero-order valence-electron chi connectivity index (χ0n) is 30.0. The molecule has 7 rings (SSSR count). The minimum Gasteiger partial charge on any atom is -0.347 e. The predicted octanol–water partition coefficient (Wildman–Crippen LogP) is 11.1. The third-order valence-electron chi connectivity index (χ3n) is 10.5. The molecular formula is C43H47N4S3+. The first-order valence-electron chi connectivity index (χ1n) is 17.5. The van der Waals surface area contributed by atoms with E-state index in [0.29, 0.717) is 0 Å². The molecule has 3 aliphatic heterocycles. The van der Waals surface area contributed by atoms with Crippen LogP contribution in [0.4, 0.5) is 11.4 Å². The number of hydrazone groups is 1. The van der Waals surface area contributed by atoms with Gasteiger partial charge in [-0.05, 0) is 73.1 Å². The lowest BCUT2D eigenvalue weighted by atomic mass is 9.81. The van der Waals surface area contributed by atoms with Gasteiger partial charge < -0.3 is 4.90 Å². The van der Waals surface area contributed by atoms with Crippen molar-refractivity contribution in [1.29, 1.82) is 0 Å². The number of thioether (sulfide) groups is 3. The third-order valence-corrected chi connectivity index (χ3v) is 14.3. The molecule has 4 aliphatic rings. The largest absolute Gasteiger partial charge is 0.347 e. The van der Waals surface area contributed by atoms with Crippen LogP contribution in [-0.2, 0) is 16.6 Å². The number of nitrogens with one attached hydrogen (secondary N) is 1. The second kappa shape index (κ2) is 14.2. The van der Waals surface area contributed by atoms with Gasteiger partial charge in [0.15, 0.2) is 10.1 Å². The number of para-hydroxylation sites is 2. The number of hydrogen-bond acceptors (Lipinski definition) is 6. The van der Waals surface area contributed by atoms with Crippen molar-refractivity contribution in [1.82, 2.24) is 5.43 Å². The lowest BCUT2D eigenvalue weighted by Crippen LogP contribution is -2.26. The highest BCUT2D eigenvalue weighted by molar-refractivity contribution is 8.43. The van der Waals surface area contributed by atoms with Gasteiger partial charge in [-0.2, -0.15) is 9.68 Å². The van der Waals surface area contributed by atoms with Crippen LogP contribution in [0, 0.1) is 0 Å². The molecule has 0 saturated heterocycles. The van der Waals surface area contributed by atoms with Crippen LogP contribution in [0.2, 0.25) is 0 Å². The molecule has 1 atom stereocenters. The van der Waals surface area contributed by atoms with E-state index in [-0.39, 0.29) is 15.5 Å². The summed E-state index contributed by atoms with van der Waals surface area (Å²) in [7, 11) is 4.41. The summed E-state index contributed by atoms with van der Waals surface area (Å²) in [5.74, 6) is 0.932. The number of nitrogens with zero attached hydrogens (tertiary/aromatic N) is 3. The fourth-order valence-corrected chi connectivity index (χ4v) is 11.3. The Labute approximate surface area is 311 Å². The Balaban J connectivity index is 1.18. The van der Waals surface area contributed by atoms with Crippen molar-refractivity contribution in [3.8, 4) is 0 Å². The number of hydrogen-bond donors (Lipinski definition) is 1. The summed E-state index contributed by atoms with van der Waals surface area (Å²) >= 11 is 5.56. The van der Waals surface area contributed by atoms with Gasteiger partial charge in [0.05, 0.1) is 5.41 Å². The van der Waals surface area contributed by atoms with Crippen molar-refractivity contribution in [2.45, 2.75) is 68.2 Å². The van der Waals surface area contributed by atoms with Gasteiger partial charge in [-0.1, -0.05) is 123 Å². The van der Waals surface area contributed by atoms with E-state index in [1.165, 1.54) is 55.5 Å². The van der Waals surface area contributed by atoms with E-state index < -0.39 is 0 Å². The Morgan fingerprint density at radius 2 is 1.68 bits per heavy atom. The summed E-state index contributed by atoms with van der Waals surface area (Å²) in [6.45, 7) is 13.3. The standard InChI is InChI=1S/C43H47N4S3/c1-8-29-20-22-30(23-21-29)28-48-40-44-45-41(50-40)49-39-31(24-26-37-42(2,3)33-16-9-11-18-35(33)46(37)6)14-13-15-32(39)25-27-38-43(4,5)34-17-10-12-19-36(34)47(38)7/h8-12,16-27,40,44H,1,13-15,28H2,2-7H3/q+1. The summed E-state index contributed by atoms with van der Waals surface area (Å²) in [5.41, 5.74) is 16.5. The topological polar surface area (TPSA) is 30.6 Å². The minimum atomic E-state index is -0.0626. The third kappa shape index (κ3) is 6.60. The summed E-state index contributed by atoms with van der Waals surface area (Å²) < 4.78 is 3.63. The van der Waals surface area contributed by atoms with Crippen molar-refractivity contribution < 1.29 is 4.58 Å². The molecule has 1 unspecified atom stereocenters. The molecule has 3 aromatic carbocycles. The normalized spacial score (nSPS) is 22.4. The van der Waals surface area contributed by atoms with Crippen LogP contribution in [0.1, 0.15) is 69.2 Å². The zero-order chi connectivity index (χ0) is 35.0. The van der Waals surface area contributed by atoms with E-state index >= 15 is 0 Å². The molecule has 0 aromatic heterocycles. The highest BCUT2D eigenvalue weighted by Crippen LogP contribution is 2.48. The maximum Gasteiger partial charge on any atom is 0.209 e.